The average Bonchev–Trinajstić information content (AvgIpc) is 3.85. The first-order chi connectivity index (χ1) is 33.5. The Balaban J connectivity index is 0.834. The fraction of sp³-hybridized carbons (Fsp3) is 0.612. The number of amides is 6. The van der Waals surface area contributed by atoms with Crippen molar-refractivity contribution >= 4 is 52.2 Å². The monoisotopic (exact) mass is 980 g/mol. The molecule has 2 aliphatic heterocycles. The molecular weight excluding hydrogens is 912 g/mol. The van der Waals surface area contributed by atoms with E-state index in [-0.39, 0.29) is 103 Å². The van der Waals surface area contributed by atoms with E-state index >= 15 is 0 Å². The molecule has 0 spiro atoms. The summed E-state index contributed by atoms with van der Waals surface area (Å²) in [4.78, 5) is 95.6. The van der Waals surface area contributed by atoms with Crippen LogP contribution in [0.5, 0.6) is 0 Å². The van der Waals surface area contributed by atoms with Crippen LogP contribution in [-0.2, 0) is 39.7 Å². The summed E-state index contributed by atoms with van der Waals surface area (Å²) < 4.78 is 46.3. The highest BCUT2D eigenvalue weighted by atomic mass is 19.4. The van der Waals surface area contributed by atoms with Crippen LogP contribution in [0.2, 0.25) is 0 Å². The van der Waals surface area contributed by atoms with Crippen molar-refractivity contribution < 1.29 is 46.7 Å². The van der Waals surface area contributed by atoms with Crippen molar-refractivity contribution in [3.8, 4) is 0 Å². The number of aromatic nitrogens is 3. The first kappa shape index (κ1) is 53.4. The van der Waals surface area contributed by atoms with Gasteiger partial charge in [0.25, 0.3) is 0 Å². The summed E-state index contributed by atoms with van der Waals surface area (Å²) in [5.41, 5.74) is 0.286. The second kappa shape index (κ2) is 25.2. The van der Waals surface area contributed by atoms with E-state index in [4.69, 9.17) is 4.74 Å². The third-order valence-corrected chi connectivity index (χ3v) is 13.6. The van der Waals surface area contributed by atoms with E-state index in [1.807, 2.05) is 6.07 Å². The smallest absolute Gasteiger partial charge is 0.381 e. The molecule has 4 heterocycles. The summed E-state index contributed by atoms with van der Waals surface area (Å²) in [6, 6.07) is 5.59. The number of nitrogens with zero attached hydrogens (tertiary/aromatic N) is 6. The highest BCUT2D eigenvalue weighted by Gasteiger charge is 2.44. The Morgan fingerprint density at radius 2 is 1.59 bits per heavy atom. The second-order valence-electron chi connectivity index (χ2n) is 18.8. The van der Waals surface area contributed by atoms with Gasteiger partial charge in [0.2, 0.25) is 35.4 Å². The fourth-order valence-corrected chi connectivity index (χ4v) is 9.61. The minimum absolute atomic E-state index is 0.102. The van der Waals surface area contributed by atoms with Crippen molar-refractivity contribution in [1.82, 2.24) is 50.9 Å². The molecule has 6 rings (SSSR count). The van der Waals surface area contributed by atoms with Crippen LogP contribution in [0.25, 0.3) is 10.9 Å². The number of halogens is 3. The Labute approximate surface area is 407 Å². The van der Waals surface area contributed by atoms with Crippen LogP contribution in [0, 0.1) is 5.92 Å². The van der Waals surface area contributed by atoms with Crippen LogP contribution in [0.15, 0.2) is 49.1 Å². The number of likely N-dealkylation sites (tertiary alicyclic amines) is 2. The first-order valence-electron chi connectivity index (χ1n) is 24.5. The summed E-state index contributed by atoms with van der Waals surface area (Å²) in [6.07, 6.45) is 5.17. The number of rotatable bonds is 24. The molecule has 18 nitrogen and oxygen atoms in total. The number of anilines is 1. The SMILES string of the molecule is CC(C)N(C)[C@@H]1CC[C@H](N2CC[C@H](Nc3ncnc4ccc(C(F)(F)F)cc34)C2=O)[C@H](NC(=O)CCCC(=O)NCCCOCCCNC(=O)CCCNC(=O)[C@H]2CC(=O)N(C)[C@@H]2c2cccnc2)C1. The van der Waals surface area contributed by atoms with E-state index in [0.29, 0.717) is 89.9 Å². The Morgan fingerprint density at radius 1 is 0.886 bits per heavy atom. The lowest BCUT2D eigenvalue weighted by Gasteiger charge is -2.44. The van der Waals surface area contributed by atoms with Gasteiger partial charge in [-0.25, -0.2) is 9.97 Å². The molecule has 6 amide bonds. The summed E-state index contributed by atoms with van der Waals surface area (Å²) in [7, 11) is 3.74. The molecule has 382 valence electrons. The van der Waals surface area contributed by atoms with Crippen LogP contribution in [0.1, 0.15) is 108 Å². The molecule has 21 heteroatoms. The fourth-order valence-electron chi connectivity index (χ4n) is 9.61. The van der Waals surface area contributed by atoms with Gasteiger partial charge < -0.3 is 46.0 Å². The highest BCUT2D eigenvalue weighted by Crippen LogP contribution is 2.37. The third kappa shape index (κ3) is 14.6. The molecule has 0 unspecified atom stereocenters. The van der Waals surface area contributed by atoms with E-state index in [1.54, 1.807) is 35.3 Å². The molecule has 5 N–H and O–H groups in total. The number of fused-ring (bicyclic) bond motifs is 1. The van der Waals surface area contributed by atoms with Gasteiger partial charge in [0, 0.05) is 102 Å². The molecule has 3 fully saturated rings. The molecule has 0 radical (unpaired) electrons. The molecule has 1 saturated carbocycles. The molecule has 3 aromatic rings. The minimum Gasteiger partial charge on any atom is -0.381 e. The number of nitrogens with one attached hydrogen (secondary N) is 5. The van der Waals surface area contributed by atoms with Gasteiger partial charge >= 0.3 is 6.18 Å². The minimum atomic E-state index is -4.56. The van der Waals surface area contributed by atoms with E-state index in [0.717, 1.165) is 24.1 Å². The number of benzene rings is 1. The van der Waals surface area contributed by atoms with Crippen LogP contribution in [0.3, 0.4) is 0 Å². The van der Waals surface area contributed by atoms with E-state index < -0.39 is 23.7 Å². The highest BCUT2D eigenvalue weighted by molar-refractivity contribution is 5.93. The van der Waals surface area contributed by atoms with Crippen molar-refractivity contribution in [2.75, 3.05) is 58.8 Å². The van der Waals surface area contributed by atoms with Gasteiger partial charge in [-0.2, -0.15) is 13.2 Å². The van der Waals surface area contributed by atoms with Crippen LogP contribution in [-0.4, -0.2) is 149 Å². The third-order valence-electron chi connectivity index (χ3n) is 13.6. The van der Waals surface area contributed by atoms with Crippen molar-refractivity contribution in [3.63, 3.8) is 0 Å². The zero-order chi connectivity index (χ0) is 50.4. The van der Waals surface area contributed by atoms with E-state index in [9.17, 15) is 41.9 Å². The Morgan fingerprint density at radius 3 is 2.27 bits per heavy atom. The van der Waals surface area contributed by atoms with Gasteiger partial charge in [-0.1, -0.05) is 6.07 Å². The number of alkyl halides is 3. The lowest BCUT2D eigenvalue weighted by Crippen LogP contribution is -2.58. The summed E-state index contributed by atoms with van der Waals surface area (Å²) in [5, 5.41) is 15.0. The maximum absolute atomic E-state index is 13.9. The predicted molar refractivity (Wildman–Crippen MR) is 255 cm³/mol. The molecular formula is C49H68F3N11O7. The van der Waals surface area contributed by atoms with Crippen molar-refractivity contribution in [2.45, 2.75) is 133 Å². The molecule has 1 aliphatic carbocycles. The Kier molecular flexibility index (Phi) is 19.3. The van der Waals surface area contributed by atoms with Gasteiger partial charge in [-0.05, 0) is 102 Å². The Bertz CT molecular complexity index is 2270. The lowest BCUT2D eigenvalue weighted by atomic mass is 9.84. The molecule has 0 bridgehead atoms. The molecule has 2 saturated heterocycles. The van der Waals surface area contributed by atoms with Gasteiger partial charge in [0.1, 0.15) is 18.2 Å². The number of hydrogen-bond acceptors (Lipinski definition) is 12. The maximum Gasteiger partial charge on any atom is 0.416 e. The summed E-state index contributed by atoms with van der Waals surface area (Å²) >= 11 is 0. The van der Waals surface area contributed by atoms with Crippen molar-refractivity contribution in [2.24, 2.45) is 5.92 Å². The Hall–Kier alpha value is -5.96. The molecule has 3 aliphatic rings. The number of hydrogen-bond donors (Lipinski definition) is 5. The summed E-state index contributed by atoms with van der Waals surface area (Å²) in [6.45, 7) is 6.64. The van der Waals surface area contributed by atoms with Gasteiger partial charge in [-0.3, -0.25) is 33.8 Å². The number of ether oxygens (including phenoxy) is 1. The van der Waals surface area contributed by atoms with Crippen LogP contribution < -0.4 is 26.6 Å². The average molecular weight is 980 g/mol. The zero-order valence-electron chi connectivity index (χ0n) is 40.6. The molecule has 1 aromatic carbocycles. The standard InChI is InChI=1S/C49H68F3N11O7/c1-31(2)61(3)34-15-17-40(63-23-18-38(48(63)69)60-46-35-26-33(49(50,51)52)14-16-37(35)57-30-58-46)39(27-34)59-43(66)12-5-11-41(64)54-21-8-24-70-25-9-22-55-42(65)13-7-20-56-47(68)36-28-44(67)62(4)45(36)32-10-6-19-53-29-32/h6,10,14,16,19,26,29-31,34,36,38-40,45H,5,7-9,11-13,15,17-18,20-25,27-28H2,1-4H3,(H,54,64)(H,55,65)(H,56,68)(H,59,66)(H,57,58,60)/t34-,36+,38+,39-,40+,45-/m1/s1. The van der Waals surface area contributed by atoms with Crippen LogP contribution in [0.4, 0.5) is 19.0 Å². The summed E-state index contributed by atoms with van der Waals surface area (Å²) in [5.74, 6) is -1.42. The second-order valence-corrected chi connectivity index (χ2v) is 18.8. The number of carbonyl (C=O) groups excluding carboxylic acids is 6. The maximum atomic E-state index is 13.9. The molecule has 6 atom stereocenters. The lowest BCUT2D eigenvalue weighted by molar-refractivity contribution is -0.137. The van der Waals surface area contributed by atoms with Crippen molar-refractivity contribution in [3.05, 3.63) is 60.2 Å². The topological polar surface area (TPSA) is 220 Å². The van der Waals surface area contributed by atoms with E-state index in [2.05, 4.69) is 67.3 Å². The van der Waals surface area contributed by atoms with Gasteiger partial charge in [0.05, 0.1) is 35.1 Å². The number of pyridine rings is 1. The van der Waals surface area contributed by atoms with E-state index in [1.165, 1.54) is 12.4 Å². The molecule has 2 aromatic heterocycles. The predicted octanol–water partition coefficient (Wildman–Crippen LogP) is 4.12. The van der Waals surface area contributed by atoms with Gasteiger partial charge in [0.15, 0.2) is 0 Å². The van der Waals surface area contributed by atoms with Gasteiger partial charge in [-0.15, -0.1) is 0 Å². The first-order valence-corrected chi connectivity index (χ1v) is 24.5. The van der Waals surface area contributed by atoms with Crippen molar-refractivity contribution in [1.29, 1.82) is 0 Å². The normalized spacial score (nSPS) is 21.7. The largest absolute Gasteiger partial charge is 0.416 e. The zero-order valence-corrected chi connectivity index (χ0v) is 40.6. The van der Waals surface area contributed by atoms with Crippen LogP contribution >= 0.6 is 0 Å². The quantitative estimate of drug-likeness (QED) is 0.0802. The number of carbonyl (C=O) groups is 6. The molecule has 70 heavy (non-hydrogen) atoms.